The average Bonchev–Trinajstić information content (AvgIpc) is 3.37. The number of hydrogen-bond acceptors (Lipinski definition) is 3. The van der Waals surface area contributed by atoms with Gasteiger partial charge in [-0.15, -0.1) is 5.10 Å². The number of hydrogen-bond donors (Lipinski definition) is 0. The van der Waals surface area contributed by atoms with Crippen molar-refractivity contribution in [2.24, 2.45) is 46.3 Å². The lowest BCUT2D eigenvalue weighted by Gasteiger charge is -2.61. The minimum Gasteiger partial charge on any atom is -0.297 e. The van der Waals surface area contributed by atoms with Gasteiger partial charge in [0.1, 0.15) is 12.1 Å². The van der Waals surface area contributed by atoms with Crippen LogP contribution in [0.15, 0.2) is 12.1 Å². The zero-order chi connectivity index (χ0) is 23.8. The largest absolute Gasteiger partial charge is 0.297 e. The van der Waals surface area contributed by atoms with Crippen LogP contribution in [0.2, 0.25) is 0 Å². The Morgan fingerprint density at radius 2 is 1.76 bits per heavy atom. The number of aromatic nitrogens is 3. The Bertz CT molecular complexity index is 1130. The number of carbonyl (C=O) groups excluding carboxylic acids is 1. The first-order chi connectivity index (χ1) is 16.2. The molecule has 4 aliphatic rings. The van der Waals surface area contributed by atoms with Crippen LogP contribution in [0.3, 0.4) is 0 Å². The Hall–Kier alpha value is -1.85. The van der Waals surface area contributed by atoms with Gasteiger partial charge in [0.25, 0.3) is 0 Å². The number of Topliss-reactive ketones (excluding diaryl/α,β-unsaturated/α-hetero) is 1. The molecule has 0 spiro atoms. The third-order valence-electron chi connectivity index (χ3n) is 11.1. The van der Waals surface area contributed by atoms with Gasteiger partial charge in [-0.05, 0) is 104 Å². The van der Waals surface area contributed by atoms with Crippen molar-refractivity contribution in [2.75, 3.05) is 0 Å². The topological polar surface area (TPSA) is 47.8 Å². The van der Waals surface area contributed by atoms with E-state index in [9.17, 15) is 13.6 Å². The van der Waals surface area contributed by atoms with Crippen molar-refractivity contribution in [3.8, 4) is 0 Å². The van der Waals surface area contributed by atoms with Gasteiger partial charge in [0.15, 0.2) is 22.9 Å². The zero-order valence-electron chi connectivity index (χ0n) is 20.7. The summed E-state index contributed by atoms with van der Waals surface area (Å²) in [6, 6.07) is 2.47. The molecule has 8 unspecified atom stereocenters. The van der Waals surface area contributed by atoms with Gasteiger partial charge in [0, 0.05) is 5.92 Å². The van der Waals surface area contributed by atoms with Crippen molar-refractivity contribution in [3.63, 3.8) is 0 Å². The summed E-state index contributed by atoms with van der Waals surface area (Å²) in [6.45, 7) is 7.42. The molecule has 0 aliphatic heterocycles. The number of nitrogens with zero attached hydrogens (tertiary/aromatic N) is 3. The summed E-state index contributed by atoms with van der Waals surface area (Å²) in [4.78, 5) is 14.8. The Balaban J connectivity index is 1.21. The van der Waals surface area contributed by atoms with Crippen molar-refractivity contribution < 1.29 is 13.6 Å². The maximum absolute atomic E-state index is 14.1. The van der Waals surface area contributed by atoms with Gasteiger partial charge in [-0.3, -0.25) is 4.79 Å². The number of ketones is 1. The van der Waals surface area contributed by atoms with E-state index in [1.807, 2.05) is 0 Å². The normalized spacial score (nSPS) is 41.7. The van der Waals surface area contributed by atoms with Crippen LogP contribution in [0, 0.1) is 58.0 Å². The fourth-order valence-electron chi connectivity index (χ4n) is 9.29. The second-order valence-electron chi connectivity index (χ2n) is 12.6. The van der Waals surface area contributed by atoms with Crippen molar-refractivity contribution in [1.82, 2.24) is 15.0 Å². The minimum absolute atomic E-state index is 0.00560. The monoisotopic (exact) mass is 469 g/mol. The van der Waals surface area contributed by atoms with E-state index in [4.69, 9.17) is 0 Å². The maximum Gasteiger partial charge on any atom is 0.188 e. The smallest absolute Gasteiger partial charge is 0.188 e. The molecule has 0 N–H and O–H groups in total. The van der Waals surface area contributed by atoms with Gasteiger partial charge in [-0.2, -0.15) is 9.90 Å². The molecule has 2 aromatic rings. The Kier molecular flexibility index (Phi) is 5.20. The molecule has 0 bridgehead atoms. The van der Waals surface area contributed by atoms with Gasteiger partial charge in [0.05, 0.1) is 0 Å². The van der Waals surface area contributed by atoms with E-state index in [2.05, 4.69) is 31.0 Å². The molecule has 34 heavy (non-hydrogen) atoms. The lowest BCUT2D eigenvalue weighted by molar-refractivity contribution is -0.137. The molecule has 184 valence electrons. The summed E-state index contributed by atoms with van der Waals surface area (Å²) in [5.74, 6) is 2.14. The molecule has 0 radical (unpaired) electrons. The van der Waals surface area contributed by atoms with Crippen LogP contribution < -0.4 is 0 Å². The average molecular weight is 470 g/mol. The summed E-state index contributed by atoms with van der Waals surface area (Å²) < 4.78 is 27.7. The molecule has 4 saturated carbocycles. The fraction of sp³-hybridized carbons (Fsp3) is 0.750. The van der Waals surface area contributed by atoms with Gasteiger partial charge < -0.3 is 0 Å². The summed E-state index contributed by atoms with van der Waals surface area (Å²) in [6.07, 6.45) is 11.3. The summed E-state index contributed by atoms with van der Waals surface area (Å²) in [5, 5.41) is 8.36. The molecule has 6 rings (SSSR count). The molecule has 4 aliphatic carbocycles. The van der Waals surface area contributed by atoms with Crippen LogP contribution in [0.25, 0.3) is 11.0 Å². The number of benzene rings is 1. The molecule has 4 nitrogen and oxygen atoms in total. The van der Waals surface area contributed by atoms with E-state index in [1.54, 1.807) is 0 Å². The standard InChI is InChI=1S/C28H37F2N3O/c1-16-10-12-27(2)17(14-16)4-5-18-19-6-7-21(28(19,3)13-11-20(18)27)24(34)15-33-31-23-9-8-22(29)25(30)26(23)32-33/h8-9,16-21H,4-7,10-15H2,1-3H3. The van der Waals surface area contributed by atoms with Gasteiger partial charge in [-0.1, -0.05) is 27.2 Å². The summed E-state index contributed by atoms with van der Waals surface area (Å²) in [5.41, 5.74) is 0.704. The Morgan fingerprint density at radius 3 is 2.59 bits per heavy atom. The van der Waals surface area contributed by atoms with Crippen molar-refractivity contribution in [2.45, 2.75) is 85.1 Å². The molecule has 0 amide bonds. The number of carbonyl (C=O) groups is 1. The highest BCUT2D eigenvalue weighted by Crippen LogP contribution is 2.67. The molecule has 8 atom stereocenters. The predicted molar refractivity (Wildman–Crippen MR) is 127 cm³/mol. The van der Waals surface area contributed by atoms with E-state index in [-0.39, 0.29) is 34.7 Å². The highest BCUT2D eigenvalue weighted by Gasteiger charge is 2.60. The fourth-order valence-corrected chi connectivity index (χ4v) is 9.29. The minimum atomic E-state index is -0.997. The highest BCUT2D eigenvalue weighted by atomic mass is 19.2. The summed E-state index contributed by atoms with van der Waals surface area (Å²) >= 11 is 0. The van der Waals surface area contributed by atoms with E-state index >= 15 is 0 Å². The quantitative estimate of drug-likeness (QED) is 0.511. The van der Waals surface area contributed by atoms with Crippen LogP contribution in [-0.2, 0) is 11.3 Å². The van der Waals surface area contributed by atoms with Crippen molar-refractivity contribution in [3.05, 3.63) is 23.8 Å². The SMILES string of the molecule is CC1CCC2(C)C(CCC3C2CCC2(C)C(C(=O)Cn4nc5ccc(F)c(F)c5n4)CCC32)C1. The van der Waals surface area contributed by atoms with Crippen molar-refractivity contribution in [1.29, 1.82) is 0 Å². The van der Waals surface area contributed by atoms with E-state index in [0.29, 0.717) is 11.3 Å². The van der Waals surface area contributed by atoms with Gasteiger partial charge in [-0.25, -0.2) is 8.78 Å². The molecule has 1 heterocycles. The lowest BCUT2D eigenvalue weighted by Crippen LogP contribution is -2.53. The van der Waals surface area contributed by atoms with Crippen LogP contribution in [0.5, 0.6) is 0 Å². The number of fused-ring (bicyclic) bond motifs is 6. The van der Waals surface area contributed by atoms with Crippen LogP contribution in [-0.4, -0.2) is 20.8 Å². The molecular weight excluding hydrogens is 432 g/mol. The van der Waals surface area contributed by atoms with Gasteiger partial charge in [0.2, 0.25) is 0 Å². The Morgan fingerprint density at radius 1 is 1.00 bits per heavy atom. The molecule has 0 saturated heterocycles. The van der Waals surface area contributed by atoms with Crippen LogP contribution in [0.1, 0.15) is 78.6 Å². The maximum atomic E-state index is 14.1. The van der Waals surface area contributed by atoms with Crippen LogP contribution >= 0.6 is 0 Å². The third kappa shape index (κ3) is 3.22. The third-order valence-corrected chi connectivity index (χ3v) is 11.1. The van der Waals surface area contributed by atoms with E-state index in [1.165, 1.54) is 49.4 Å². The first kappa shape index (κ1) is 22.6. The zero-order valence-corrected chi connectivity index (χ0v) is 20.7. The first-order valence-electron chi connectivity index (χ1n) is 13.4. The van der Waals surface area contributed by atoms with E-state index in [0.717, 1.165) is 49.0 Å². The molecule has 1 aromatic carbocycles. The van der Waals surface area contributed by atoms with Gasteiger partial charge >= 0.3 is 0 Å². The van der Waals surface area contributed by atoms with Crippen molar-refractivity contribution >= 4 is 16.8 Å². The van der Waals surface area contributed by atoms with E-state index < -0.39 is 11.6 Å². The number of rotatable bonds is 3. The molecule has 1 aromatic heterocycles. The lowest BCUT2D eigenvalue weighted by atomic mass is 9.44. The Labute approximate surface area is 200 Å². The highest BCUT2D eigenvalue weighted by molar-refractivity contribution is 5.82. The summed E-state index contributed by atoms with van der Waals surface area (Å²) in [7, 11) is 0. The first-order valence-corrected chi connectivity index (χ1v) is 13.4. The van der Waals surface area contributed by atoms with Crippen LogP contribution in [0.4, 0.5) is 8.78 Å². The number of halogens is 2. The molecular formula is C28H37F2N3O. The second-order valence-corrected chi connectivity index (χ2v) is 12.6. The molecule has 6 heteroatoms. The second kappa shape index (κ2) is 7.83. The molecule has 4 fully saturated rings. The predicted octanol–water partition coefficient (Wildman–Crippen LogP) is 6.57.